The molecular weight excluding hydrogens is 499 g/mol. The fourth-order valence-electron chi connectivity index (χ4n) is 5.58. The zero-order valence-electron chi connectivity index (χ0n) is 19.7. The molecule has 1 saturated carbocycles. The number of rotatable bonds is 6. The molecule has 1 aliphatic carbocycles. The molecule has 5 nitrogen and oxygen atoms in total. The minimum absolute atomic E-state index is 0. The maximum absolute atomic E-state index is 5.95. The molecule has 1 aromatic carbocycles. The Bertz CT molecular complexity index is 728. The summed E-state index contributed by atoms with van der Waals surface area (Å²) in [6.45, 7) is 15.1. The van der Waals surface area contributed by atoms with E-state index in [0.29, 0.717) is 24.0 Å². The number of guanidine groups is 1. The van der Waals surface area contributed by atoms with E-state index >= 15 is 0 Å². The van der Waals surface area contributed by atoms with Crippen molar-refractivity contribution in [3.63, 3.8) is 0 Å². The van der Waals surface area contributed by atoms with Crippen LogP contribution in [0.4, 0.5) is 0 Å². The second kappa shape index (κ2) is 10.8. The summed E-state index contributed by atoms with van der Waals surface area (Å²) in [5.41, 5.74) is 2.94. The van der Waals surface area contributed by atoms with Gasteiger partial charge in [0.1, 0.15) is 0 Å². The van der Waals surface area contributed by atoms with Crippen LogP contribution in [0, 0.1) is 24.2 Å². The predicted molar refractivity (Wildman–Crippen MR) is 139 cm³/mol. The smallest absolute Gasteiger partial charge is 0.191 e. The van der Waals surface area contributed by atoms with Crippen molar-refractivity contribution in [2.75, 3.05) is 32.8 Å². The van der Waals surface area contributed by atoms with E-state index in [1.54, 1.807) is 0 Å². The molecule has 0 radical (unpaired) electrons. The SMILES string of the molecule is CCNC(=NCC1CCN(Cc2ccc(C)cc2)CC1)NC1C2CCOC2C1(C)C.I. The number of aryl methyl sites for hydroxylation is 1. The van der Waals surface area contributed by atoms with E-state index in [9.17, 15) is 0 Å². The van der Waals surface area contributed by atoms with Crippen LogP contribution in [0.2, 0.25) is 0 Å². The van der Waals surface area contributed by atoms with Crippen molar-refractivity contribution in [1.29, 1.82) is 0 Å². The van der Waals surface area contributed by atoms with Gasteiger partial charge in [0.2, 0.25) is 0 Å². The Balaban J connectivity index is 0.00000272. The lowest BCUT2D eigenvalue weighted by molar-refractivity contribution is -0.106. The van der Waals surface area contributed by atoms with Crippen LogP contribution in [0.3, 0.4) is 0 Å². The van der Waals surface area contributed by atoms with Gasteiger partial charge in [0.05, 0.1) is 6.10 Å². The molecule has 0 aromatic heterocycles. The van der Waals surface area contributed by atoms with Gasteiger partial charge < -0.3 is 15.4 Å². The number of benzene rings is 1. The van der Waals surface area contributed by atoms with E-state index in [4.69, 9.17) is 9.73 Å². The Morgan fingerprint density at radius 2 is 1.87 bits per heavy atom. The summed E-state index contributed by atoms with van der Waals surface area (Å²) in [5.74, 6) is 2.31. The van der Waals surface area contributed by atoms with Gasteiger partial charge in [-0.2, -0.15) is 0 Å². The standard InChI is InChI=1S/C25H40N4O.HI/c1-5-26-24(28-22-21-12-15-30-23(21)25(22,3)4)27-16-19-10-13-29(14-11-19)17-20-8-6-18(2)7-9-20;/h6-9,19,21-23H,5,10-17H2,1-4H3,(H2,26,27,28);1H. The molecule has 174 valence electrons. The molecule has 0 spiro atoms. The van der Waals surface area contributed by atoms with Crippen LogP contribution >= 0.6 is 24.0 Å². The van der Waals surface area contributed by atoms with E-state index in [-0.39, 0.29) is 29.4 Å². The molecule has 3 aliphatic rings. The van der Waals surface area contributed by atoms with Crippen molar-refractivity contribution in [2.24, 2.45) is 22.2 Å². The summed E-state index contributed by atoms with van der Waals surface area (Å²) in [6.07, 6.45) is 4.06. The molecule has 3 fully saturated rings. The van der Waals surface area contributed by atoms with Crippen LogP contribution in [0.15, 0.2) is 29.3 Å². The molecule has 2 heterocycles. The number of fused-ring (bicyclic) bond motifs is 1. The summed E-state index contributed by atoms with van der Waals surface area (Å²) >= 11 is 0. The van der Waals surface area contributed by atoms with Gasteiger partial charge in [-0.3, -0.25) is 9.89 Å². The van der Waals surface area contributed by atoms with Crippen molar-refractivity contribution in [2.45, 2.75) is 65.6 Å². The molecule has 2 N–H and O–H groups in total. The van der Waals surface area contributed by atoms with Crippen LogP contribution in [0.5, 0.6) is 0 Å². The Morgan fingerprint density at radius 1 is 1.16 bits per heavy atom. The Labute approximate surface area is 205 Å². The lowest BCUT2D eigenvalue weighted by Gasteiger charge is -2.55. The van der Waals surface area contributed by atoms with Gasteiger partial charge in [0, 0.05) is 43.6 Å². The fourth-order valence-corrected chi connectivity index (χ4v) is 5.58. The number of halogens is 1. The van der Waals surface area contributed by atoms with E-state index in [2.05, 4.69) is 67.5 Å². The Hall–Kier alpha value is -0.860. The molecule has 0 amide bonds. The summed E-state index contributed by atoms with van der Waals surface area (Å²) in [7, 11) is 0. The zero-order valence-corrected chi connectivity index (χ0v) is 22.0. The number of hydrogen-bond donors (Lipinski definition) is 2. The molecule has 1 aromatic rings. The third-order valence-corrected chi connectivity index (χ3v) is 7.48. The number of likely N-dealkylation sites (tertiary alicyclic amines) is 1. The third-order valence-electron chi connectivity index (χ3n) is 7.48. The monoisotopic (exact) mass is 540 g/mol. The number of aliphatic imine (C=N–C) groups is 1. The van der Waals surface area contributed by atoms with Crippen LogP contribution in [-0.2, 0) is 11.3 Å². The van der Waals surface area contributed by atoms with Crippen molar-refractivity contribution in [1.82, 2.24) is 15.5 Å². The number of hydrogen-bond acceptors (Lipinski definition) is 3. The first kappa shape index (κ1) is 24.8. The highest BCUT2D eigenvalue weighted by atomic mass is 127. The van der Waals surface area contributed by atoms with E-state index in [0.717, 1.165) is 32.2 Å². The molecule has 6 heteroatoms. The van der Waals surface area contributed by atoms with Gasteiger partial charge in [-0.25, -0.2) is 0 Å². The molecule has 3 atom stereocenters. The molecule has 2 aliphatic heterocycles. The molecule has 4 rings (SSSR count). The van der Waals surface area contributed by atoms with Gasteiger partial charge in [-0.15, -0.1) is 24.0 Å². The van der Waals surface area contributed by atoms with E-state index in [1.165, 1.54) is 43.5 Å². The lowest BCUT2D eigenvalue weighted by Crippen LogP contribution is -2.68. The molecule has 0 bridgehead atoms. The highest BCUT2D eigenvalue weighted by Gasteiger charge is 2.59. The number of ether oxygens (including phenoxy) is 1. The Kier molecular flexibility index (Phi) is 8.66. The van der Waals surface area contributed by atoms with Crippen LogP contribution < -0.4 is 10.6 Å². The largest absolute Gasteiger partial charge is 0.377 e. The maximum Gasteiger partial charge on any atom is 0.191 e. The van der Waals surface area contributed by atoms with Crippen molar-refractivity contribution >= 4 is 29.9 Å². The lowest BCUT2D eigenvalue weighted by atomic mass is 9.57. The van der Waals surface area contributed by atoms with Gasteiger partial charge >= 0.3 is 0 Å². The van der Waals surface area contributed by atoms with Crippen molar-refractivity contribution in [3.05, 3.63) is 35.4 Å². The summed E-state index contributed by atoms with van der Waals surface area (Å²) in [4.78, 5) is 7.58. The van der Waals surface area contributed by atoms with Crippen LogP contribution in [0.25, 0.3) is 0 Å². The summed E-state index contributed by atoms with van der Waals surface area (Å²) < 4.78 is 5.95. The van der Waals surface area contributed by atoms with Gasteiger partial charge in [0.25, 0.3) is 0 Å². The molecular formula is C25H41IN4O. The average molecular weight is 541 g/mol. The molecule has 31 heavy (non-hydrogen) atoms. The number of nitrogens with one attached hydrogen (secondary N) is 2. The number of nitrogens with zero attached hydrogens (tertiary/aromatic N) is 2. The first-order valence-corrected chi connectivity index (χ1v) is 11.9. The highest BCUT2D eigenvalue weighted by Crippen LogP contribution is 2.52. The number of piperidine rings is 1. The van der Waals surface area contributed by atoms with Gasteiger partial charge in [0.15, 0.2) is 5.96 Å². The highest BCUT2D eigenvalue weighted by molar-refractivity contribution is 14.0. The van der Waals surface area contributed by atoms with Crippen molar-refractivity contribution < 1.29 is 4.74 Å². The summed E-state index contributed by atoms with van der Waals surface area (Å²) in [6, 6.07) is 9.42. The second-order valence-electron chi connectivity index (χ2n) is 10.1. The molecule has 3 unspecified atom stereocenters. The quantitative estimate of drug-likeness (QED) is 0.323. The normalized spacial score (nSPS) is 28.4. The van der Waals surface area contributed by atoms with Crippen LogP contribution in [0.1, 0.15) is 51.2 Å². The minimum atomic E-state index is 0. The first-order chi connectivity index (χ1) is 14.5. The van der Waals surface area contributed by atoms with Crippen molar-refractivity contribution in [3.8, 4) is 0 Å². The average Bonchev–Trinajstić information content (AvgIpc) is 3.20. The van der Waals surface area contributed by atoms with Crippen LogP contribution in [-0.4, -0.2) is 55.8 Å². The third kappa shape index (κ3) is 5.74. The Morgan fingerprint density at radius 3 is 2.55 bits per heavy atom. The van der Waals surface area contributed by atoms with Gasteiger partial charge in [-0.1, -0.05) is 43.7 Å². The summed E-state index contributed by atoms with van der Waals surface area (Å²) in [5, 5.41) is 7.22. The van der Waals surface area contributed by atoms with E-state index in [1.807, 2.05) is 0 Å². The second-order valence-corrected chi connectivity index (χ2v) is 10.1. The fraction of sp³-hybridized carbons (Fsp3) is 0.720. The van der Waals surface area contributed by atoms with E-state index < -0.39 is 0 Å². The topological polar surface area (TPSA) is 48.9 Å². The maximum atomic E-state index is 5.95. The first-order valence-electron chi connectivity index (χ1n) is 11.9. The minimum Gasteiger partial charge on any atom is -0.377 e. The zero-order chi connectivity index (χ0) is 21.1. The predicted octanol–water partition coefficient (Wildman–Crippen LogP) is 4.19. The van der Waals surface area contributed by atoms with Gasteiger partial charge in [-0.05, 0) is 57.7 Å². The molecule has 2 saturated heterocycles.